The lowest BCUT2D eigenvalue weighted by Gasteiger charge is -2.11. The molecule has 118 valence electrons. The fraction of sp³-hybridized carbons (Fsp3) is 0.294. The third-order valence-corrected chi connectivity index (χ3v) is 3.68. The van der Waals surface area contributed by atoms with Gasteiger partial charge in [-0.3, -0.25) is 0 Å². The van der Waals surface area contributed by atoms with Gasteiger partial charge >= 0.3 is 0 Å². The summed E-state index contributed by atoms with van der Waals surface area (Å²) in [6.07, 6.45) is 1.92. The first-order valence-corrected chi connectivity index (χ1v) is 7.91. The maximum Gasteiger partial charge on any atom is 0.141 e. The number of methoxy groups -OCH3 is 1. The summed E-state index contributed by atoms with van der Waals surface area (Å²) < 4.78 is 10.9. The van der Waals surface area contributed by atoms with Crippen molar-refractivity contribution in [3.63, 3.8) is 0 Å². The Kier molecular flexibility index (Phi) is 6.69. The number of hydrogen-bond acceptors (Lipinski definition) is 3. The number of para-hydroxylation sites is 2. The lowest BCUT2D eigenvalue weighted by atomic mass is 10.2. The van der Waals surface area contributed by atoms with Crippen LogP contribution in [0.25, 0.3) is 0 Å². The number of ether oxygens (including phenoxy) is 2. The quantitative estimate of drug-likeness (QED) is 0.664. The average molecular weight is 340 g/mol. The van der Waals surface area contributed by atoms with Gasteiger partial charge in [-0.05, 0) is 43.2 Å². The van der Waals surface area contributed by atoms with Gasteiger partial charge in [0.05, 0.1) is 24.4 Å². The summed E-state index contributed by atoms with van der Waals surface area (Å²) in [7, 11) is 1.67. The zero-order valence-electron chi connectivity index (χ0n) is 12.4. The molecule has 0 saturated heterocycles. The van der Waals surface area contributed by atoms with Gasteiger partial charge in [0.15, 0.2) is 0 Å². The minimum atomic E-state index is 0.541. The van der Waals surface area contributed by atoms with Gasteiger partial charge < -0.3 is 14.8 Å². The van der Waals surface area contributed by atoms with E-state index in [0.29, 0.717) is 22.4 Å². The molecule has 0 aliphatic rings. The predicted molar refractivity (Wildman–Crippen MR) is 92.7 cm³/mol. The second-order valence-electron chi connectivity index (χ2n) is 4.76. The van der Waals surface area contributed by atoms with E-state index < -0.39 is 0 Å². The van der Waals surface area contributed by atoms with E-state index in [1.54, 1.807) is 25.3 Å². The standard InChI is InChI=1S/C17H19Cl2NO2/c1-21-17-7-3-2-6-15(17)20-10-4-5-11-22-16-9-8-13(18)12-14(16)19/h2-3,6-9,12,20H,4-5,10-11H2,1H3. The predicted octanol–water partition coefficient (Wildman–Crippen LogP) is 5.27. The van der Waals surface area contributed by atoms with Crippen LogP contribution in [-0.2, 0) is 0 Å². The fourth-order valence-electron chi connectivity index (χ4n) is 2.02. The van der Waals surface area contributed by atoms with Crippen molar-refractivity contribution in [2.45, 2.75) is 12.8 Å². The third-order valence-electron chi connectivity index (χ3n) is 3.15. The molecule has 0 amide bonds. The molecule has 0 aliphatic carbocycles. The Labute approximate surface area is 141 Å². The van der Waals surface area contributed by atoms with Crippen molar-refractivity contribution in [1.29, 1.82) is 0 Å². The number of halogens is 2. The number of rotatable bonds is 8. The SMILES string of the molecule is COc1ccccc1NCCCCOc1ccc(Cl)cc1Cl. The lowest BCUT2D eigenvalue weighted by molar-refractivity contribution is 0.308. The molecule has 0 heterocycles. The number of unbranched alkanes of at least 4 members (excludes halogenated alkanes) is 1. The van der Waals surface area contributed by atoms with Crippen molar-refractivity contribution >= 4 is 28.9 Å². The molecule has 0 atom stereocenters. The van der Waals surface area contributed by atoms with Gasteiger partial charge in [0.1, 0.15) is 11.5 Å². The molecule has 0 aromatic heterocycles. The van der Waals surface area contributed by atoms with E-state index in [1.165, 1.54) is 0 Å². The van der Waals surface area contributed by atoms with Gasteiger partial charge in [0.25, 0.3) is 0 Å². The second kappa shape index (κ2) is 8.76. The van der Waals surface area contributed by atoms with E-state index in [0.717, 1.165) is 30.8 Å². The normalized spacial score (nSPS) is 10.3. The summed E-state index contributed by atoms with van der Waals surface area (Å²) in [6.45, 7) is 1.48. The first-order valence-electron chi connectivity index (χ1n) is 7.15. The molecule has 2 aromatic rings. The minimum absolute atomic E-state index is 0.541. The summed E-state index contributed by atoms with van der Waals surface area (Å²) >= 11 is 11.9. The molecule has 0 bridgehead atoms. The van der Waals surface area contributed by atoms with Crippen LogP contribution >= 0.6 is 23.2 Å². The van der Waals surface area contributed by atoms with Gasteiger partial charge in [0, 0.05) is 11.6 Å². The van der Waals surface area contributed by atoms with Crippen LogP contribution in [0.4, 0.5) is 5.69 Å². The van der Waals surface area contributed by atoms with Crippen LogP contribution in [0.5, 0.6) is 11.5 Å². The summed E-state index contributed by atoms with van der Waals surface area (Å²) in [5.41, 5.74) is 1.01. The number of hydrogen-bond donors (Lipinski definition) is 1. The molecule has 0 unspecified atom stereocenters. The van der Waals surface area contributed by atoms with Gasteiger partial charge in [-0.15, -0.1) is 0 Å². The molecule has 0 aliphatic heterocycles. The highest BCUT2D eigenvalue weighted by molar-refractivity contribution is 6.35. The molecule has 0 fully saturated rings. The highest BCUT2D eigenvalue weighted by atomic mass is 35.5. The van der Waals surface area contributed by atoms with Gasteiger partial charge in [-0.1, -0.05) is 35.3 Å². The van der Waals surface area contributed by atoms with E-state index in [-0.39, 0.29) is 0 Å². The zero-order chi connectivity index (χ0) is 15.8. The Hall–Kier alpha value is -1.58. The van der Waals surface area contributed by atoms with Crippen LogP contribution in [-0.4, -0.2) is 20.3 Å². The zero-order valence-corrected chi connectivity index (χ0v) is 14.0. The molecular formula is C17H19Cl2NO2. The molecule has 0 saturated carbocycles. The molecule has 0 radical (unpaired) electrons. The van der Waals surface area contributed by atoms with E-state index in [4.69, 9.17) is 32.7 Å². The van der Waals surface area contributed by atoms with Crippen LogP contribution < -0.4 is 14.8 Å². The number of benzene rings is 2. The van der Waals surface area contributed by atoms with Crippen LogP contribution in [0.1, 0.15) is 12.8 Å². The fourth-order valence-corrected chi connectivity index (χ4v) is 2.48. The molecule has 0 spiro atoms. The van der Waals surface area contributed by atoms with Crippen molar-refractivity contribution < 1.29 is 9.47 Å². The summed E-state index contributed by atoms with van der Waals surface area (Å²) in [5.74, 6) is 1.52. The van der Waals surface area contributed by atoms with Gasteiger partial charge in [-0.25, -0.2) is 0 Å². The first-order chi connectivity index (χ1) is 10.7. The average Bonchev–Trinajstić information content (AvgIpc) is 2.52. The van der Waals surface area contributed by atoms with E-state index in [9.17, 15) is 0 Å². The van der Waals surface area contributed by atoms with Crippen molar-refractivity contribution in [1.82, 2.24) is 0 Å². The highest BCUT2D eigenvalue weighted by Gasteiger charge is 2.02. The summed E-state index contributed by atoms with van der Waals surface area (Å²) in [5, 5.41) is 4.51. The van der Waals surface area contributed by atoms with Crippen LogP contribution in [0.2, 0.25) is 10.0 Å². The molecule has 2 rings (SSSR count). The van der Waals surface area contributed by atoms with Crippen molar-refractivity contribution in [2.75, 3.05) is 25.6 Å². The van der Waals surface area contributed by atoms with E-state index in [1.807, 2.05) is 24.3 Å². The number of nitrogens with one attached hydrogen (secondary N) is 1. The maximum atomic E-state index is 6.05. The van der Waals surface area contributed by atoms with Crippen molar-refractivity contribution in [3.05, 3.63) is 52.5 Å². The Bertz CT molecular complexity index is 605. The highest BCUT2D eigenvalue weighted by Crippen LogP contribution is 2.27. The molecular weight excluding hydrogens is 321 g/mol. The molecule has 3 nitrogen and oxygen atoms in total. The Morgan fingerprint density at radius 2 is 1.82 bits per heavy atom. The smallest absolute Gasteiger partial charge is 0.141 e. The van der Waals surface area contributed by atoms with E-state index >= 15 is 0 Å². The lowest BCUT2D eigenvalue weighted by Crippen LogP contribution is -2.05. The maximum absolute atomic E-state index is 6.05. The van der Waals surface area contributed by atoms with Gasteiger partial charge in [-0.2, -0.15) is 0 Å². The molecule has 1 N–H and O–H groups in total. The van der Waals surface area contributed by atoms with Gasteiger partial charge in [0.2, 0.25) is 0 Å². The Morgan fingerprint density at radius 1 is 1.00 bits per heavy atom. The molecule has 5 heteroatoms. The minimum Gasteiger partial charge on any atom is -0.495 e. The van der Waals surface area contributed by atoms with Crippen LogP contribution in [0, 0.1) is 0 Å². The Balaban J connectivity index is 1.67. The molecule has 2 aromatic carbocycles. The molecule has 22 heavy (non-hydrogen) atoms. The summed E-state index contributed by atoms with van der Waals surface area (Å²) in [4.78, 5) is 0. The monoisotopic (exact) mass is 339 g/mol. The first kappa shape index (κ1) is 16.8. The van der Waals surface area contributed by atoms with Crippen LogP contribution in [0.3, 0.4) is 0 Å². The third kappa shape index (κ3) is 5.00. The largest absolute Gasteiger partial charge is 0.495 e. The van der Waals surface area contributed by atoms with Crippen molar-refractivity contribution in [3.8, 4) is 11.5 Å². The van der Waals surface area contributed by atoms with Crippen molar-refractivity contribution in [2.24, 2.45) is 0 Å². The topological polar surface area (TPSA) is 30.5 Å². The second-order valence-corrected chi connectivity index (χ2v) is 5.60. The van der Waals surface area contributed by atoms with Crippen LogP contribution in [0.15, 0.2) is 42.5 Å². The number of anilines is 1. The van der Waals surface area contributed by atoms with E-state index in [2.05, 4.69) is 5.32 Å². The Morgan fingerprint density at radius 3 is 2.59 bits per heavy atom. The summed E-state index contributed by atoms with van der Waals surface area (Å²) in [6, 6.07) is 13.1.